The Morgan fingerprint density at radius 2 is 1.89 bits per heavy atom. The third-order valence-corrected chi connectivity index (χ3v) is 7.52. The van der Waals surface area contributed by atoms with Gasteiger partial charge in [-0.2, -0.15) is 0 Å². The van der Waals surface area contributed by atoms with Gasteiger partial charge in [0.15, 0.2) is 0 Å². The molecule has 2 aromatic carbocycles. The maximum Gasteiger partial charge on any atom is 0.215 e. The fourth-order valence-corrected chi connectivity index (χ4v) is 5.60. The van der Waals surface area contributed by atoms with Crippen LogP contribution < -0.4 is 4.72 Å². The Morgan fingerprint density at radius 1 is 1.14 bits per heavy atom. The zero-order chi connectivity index (χ0) is 20.0. The molecule has 0 radical (unpaired) electrons. The molecule has 1 aliphatic heterocycles. The van der Waals surface area contributed by atoms with Gasteiger partial charge in [-0.1, -0.05) is 41.9 Å². The highest BCUT2D eigenvalue weighted by atomic mass is 35.5. The lowest BCUT2D eigenvalue weighted by molar-refractivity contribution is 0.177. The van der Waals surface area contributed by atoms with Crippen molar-refractivity contribution >= 4 is 33.4 Å². The van der Waals surface area contributed by atoms with Crippen molar-refractivity contribution in [3.8, 4) is 0 Å². The van der Waals surface area contributed by atoms with Crippen LogP contribution in [-0.4, -0.2) is 39.2 Å². The molecule has 0 atom stereocenters. The molecule has 3 rings (SSSR count). The van der Waals surface area contributed by atoms with Gasteiger partial charge in [-0.05, 0) is 67.4 Å². The van der Waals surface area contributed by atoms with E-state index < -0.39 is 10.0 Å². The second-order valence-electron chi connectivity index (χ2n) is 7.27. The monoisotopic (exact) mass is 438 g/mol. The molecule has 1 heterocycles. The van der Waals surface area contributed by atoms with E-state index >= 15 is 0 Å². The number of benzene rings is 2. The minimum Gasteiger partial charge on any atom is -0.299 e. The molecular formula is C21H27ClN2O2S2. The molecular weight excluding hydrogens is 412 g/mol. The largest absolute Gasteiger partial charge is 0.299 e. The van der Waals surface area contributed by atoms with Crippen LogP contribution in [0.5, 0.6) is 0 Å². The average Bonchev–Trinajstić information content (AvgIpc) is 2.68. The van der Waals surface area contributed by atoms with Crippen molar-refractivity contribution in [2.75, 3.05) is 25.9 Å². The Balaban J connectivity index is 1.45. The molecule has 0 bridgehead atoms. The number of thioether (sulfide) groups is 1. The highest BCUT2D eigenvalue weighted by Crippen LogP contribution is 2.24. The number of hydrogen-bond acceptors (Lipinski definition) is 4. The summed E-state index contributed by atoms with van der Waals surface area (Å²) in [5.41, 5.74) is 2.08. The Kier molecular flexibility index (Phi) is 7.83. The number of hydrogen-bond donors (Lipinski definition) is 1. The fourth-order valence-electron chi connectivity index (χ4n) is 3.57. The summed E-state index contributed by atoms with van der Waals surface area (Å²) in [5, 5.41) is 0.558. The maximum atomic E-state index is 12.4. The number of nitrogens with one attached hydrogen (secondary N) is 1. The van der Waals surface area contributed by atoms with Crippen LogP contribution in [0.2, 0.25) is 5.02 Å². The van der Waals surface area contributed by atoms with Crippen molar-refractivity contribution in [1.29, 1.82) is 0 Å². The van der Waals surface area contributed by atoms with Crippen LogP contribution in [0.15, 0.2) is 53.4 Å². The molecule has 0 amide bonds. The number of likely N-dealkylation sites (tertiary alicyclic amines) is 1. The summed E-state index contributed by atoms with van der Waals surface area (Å²) >= 11 is 7.73. The smallest absolute Gasteiger partial charge is 0.215 e. The van der Waals surface area contributed by atoms with E-state index in [1.54, 1.807) is 36.0 Å². The topological polar surface area (TPSA) is 49.4 Å². The summed E-state index contributed by atoms with van der Waals surface area (Å²) in [6.45, 7) is 3.48. The first-order valence-corrected chi connectivity index (χ1v) is 12.8. The normalized spacial score (nSPS) is 16.4. The zero-order valence-corrected chi connectivity index (χ0v) is 18.5. The molecule has 28 heavy (non-hydrogen) atoms. The van der Waals surface area contributed by atoms with Gasteiger partial charge >= 0.3 is 0 Å². The van der Waals surface area contributed by atoms with Crippen molar-refractivity contribution in [2.45, 2.75) is 30.0 Å². The van der Waals surface area contributed by atoms with Crippen LogP contribution in [0.1, 0.15) is 24.0 Å². The molecule has 0 unspecified atom stereocenters. The lowest BCUT2D eigenvalue weighted by Crippen LogP contribution is -2.38. The van der Waals surface area contributed by atoms with Crippen molar-refractivity contribution in [3.63, 3.8) is 0 Å². The summed E-state index contributed by atoms with van der Waals surface area (Å²) in [6.07, 6.45) is 4.14. The molecule has 2 aromatic rings. The highest BCUT2D eigenvalue weighted by Gasteiger charge is 2.22. The standard InChI is InChI=1S/C21H27ClN2O2S2/c1-27-21-8-3-2-6-19(21)15-24-11-9-17(10-12-24)14-23-28(25,26)16-18-5-4-7-20(22)13-18/h2-8,13,17,23H,9-12,14-16H2,1H3. The number of nitrogens with zero attached hydrogens (tertiary/aromatic N) is 1. The summed E-state index contributed by atoms with van der Waals surface area (Å²) in [4.78, 5) is 3.80. The van der Waals surface area contributed by atoms with Crippen LogP contribution in [0.25, 0.3) is 0 Å². The van der Waals surface area contributed by atoms with Crippen LogP contribution >= 0.6 is 23.4 Å². The first kappa shape index (κ1) is 21.7. The van der Waals surface area contributed by atoms with E-state index in [0.717, 1.165) is 32.5 Å². The number of piperidine rings is 1. The van der Waals surface area contributed by atoms with Crippen LogP contribution in [0.3, 0.4) is 0 Å². The van der Waals surface area contributed by atoms with Crippen LogP contribution in [-0.2, 0) is 22.3 Å². The van der Waals surface area contributed by atoms with E-state index in [2.05, 4.69) is 40.1 Å². The SMILES string of the molecule is CSc1ccccc1CN1CCC(CNS(=O)(=O)Cc2cccc(Cl)c2)CC1. The summed E-state index contributed by atoms with van der Waals surface area (Å²) in [5.74, 6) is 0.360. The van der Waals surface area contributed by atoms with E-state index in [1.165, 1.54) is 10.5 Å². The van der Waals surface area contributed by atoms with Gasteiger partial charge in [-0.3, -0.25) is 4.90 Å². The molecule has 0 spiro atoms. The van der Waals surface area contributed by atoms with Gasteiger partial charge in [0.25, 0.3) is 0 Å². The Morgan fingerprint density at radius 3 is 2.61 bits per heavy atom. The Hall–Kier alpha value is -1.05. The van der Waals surface area contributed by atoms with Crippen molar-refractivity contribution in [3.05, 3.63) is 64.7 Å². The quantitative estimate of drug-likeness (QED) is 0.621. The van der Waals surface area contributed by atoms with Crippen molar-refractivity contribution < 1.29 is 8.42 Å². The van der Waals surface area contributed by atoms with Gasteiger partial charge < -0.3 is 0 Å². The van der Waals surface area contributed by atoms with E-state index in [-0.39, 0.29) is 5.75 Å². The van der Waals surface area contributed by atoms with E-state index in [0.29, 0.717) is 23.0 Å². The predicted molar refractivity (Wildman–Crippen MR) is 118 cm³/mol. The third-order valence-electron chi connectivity index (χ3n) is 5.13. The molecule has 0 saturated carbocycles. The van der Waals surface area contributed by atoms with E-state index in [9.17, 15) is 8.42 Å². The average molecular weight is 439 g/mol. The lowest BCUT2D eigenvalue weighted by Gasteiger charge is -2.32. The summed E-state index contributed by atoms with van der Waals surface area (Å²) < 4.78 is 27.5. The molecule has 0 aromatic heterocycles. The Labute approximate surface area is 177 Å². The number of rotatable bonds is 8. The van der Waals surface area contributed by atoms with Gasteiger partial charge in [0, 0.05) is 23.0 Å². The second kappa shape index (κ2) is 10.1. The molecule has 1 aliphatic rings. The molecule has 0 aliphatic carbocycles. The lowest BCUT2D eigenvalue weighted by atomic mass is 9.97. The Bertz CT molecular complexity index is 881. The van der Waals surface area contributed by atoms with E-state index in [1.807, 2.05) is 0 Å². The molecule has 7 heteroatoms. The molecule has 1 N–H and O–H groups in total. The molecule has 4 nitrogen and oxygen atoms in total. The predicted octanol–water partition coefficient (Wildman–Crippen LogP) is 4.39. The van der Waals surface area contributed by atoms with Crippen molar-refractivity contribution in [2.24, 2.45) is 5.92 Å². The van der Waals surface area contributed by atoms with Gasteiger partial charge in [-0.25, -0.2) is 13.1 Å². The minimum absolute atomic E-state index is 0.0299. The number of sulfonamides is 1. The molecule has 1 fully saturated rings. The van der Waals surface area contributed by atoms with E-state index in [4.69, 9.17) is 11.6 Å². The van der Waals surface area contributed by atoms with Crippen LogP contribution in [0.4, 0.5) is 0 Å². The minimum atomic E-state index is -3.35. The maximum absolute atomic E-state index is 12.4. The molecule has 1 saturated heterocycles. The third kappa shape index (κ3) is 6.49. The summed E-state index contributed by atoms with van der Waals surface area (Å²) in [6, 6.07) is 15.5. The van der Waals surface area contributed by atoms with Crippen LogP contribution in [0, 0.1) is 5.92 Å². The first-order chi connectivity index (χ1) is 13.4. The molecule has 152 valence electrons. The number of halogens is 1. The van der Waals surface area contributed by atoms with Crippen molar-refractivity contribution in [1.82, 2.24) is 9.62 Å². The first-order valence-electron chi connectivity index (χ1n) is 9.51. The zero-order valence-electron chi connectivity index (χ0n) is 16.1. The van der Waals surface area contributed by atoms with Gasteiger partial charge in [0.1, 0.15) is 0 Å². The summed E-state index contributed by atoms with van der Waals surface area (Å²) in [7, 11) is -3.35. The fraction of sp³-hybridized carbons (Fsp3) is 0.429. The van der Waals surface area contributed by atoms with Gasteiger partial charge in [0.2, 0.25) is 10.0 Å². The second-order valence-corrected chi connectivity index (χ2v) is 10.4. The highest BCUT2D eigenvalue weighted by molar-refractivity contribution is 7.98. The van der Waals surface area contributed by atoms with Gasteiger partial charge in [-0.15, -0.1) is 11.8 Å². The van der Waals surface area contributed by atoms with Gasteiger partial charge in [0.05, 0.1) is 5.75 Å².